The van der Waals surface area contributed by atoms with E-state index < -0.39 is 11.3 Å². The zero-order valence-electron chi connectivity index (χ0n) is 15.7. The molecule has 0 amide bonds. The van der Waals surface area contributed by atoms with Gasteiger partial charge in [-0.15, -0.1) is 0 Å². The Kier molecular flexibility index (Phi) is 6.00. The molecule has 1 heterocycles. The molecule has 1 aromatic heterocycles. The molecule has 1 unspecified atom stereocenters. The van der Waals surface area contributed by atoms with E-state index in [-0.39, 0.29) is 6.54 Å². The Morgan fingerprint density at radius 2 is 2.04 bits per heavy atom. The van der Waals surface area contributed by atoms with Gasteiger partial charge in [0, 0.05) is 0 Å². The van der Waals surface area contributed by atoms with Crippen LogP contribution in [0.4, 0.5) is 0 Å². The van der Waals surface area contributed by atoms with Gasteiger partial charge in [-0.05, 0) is 54.3 Å². The van der Waals surface area contributed by atoms with Gasteiger partial charge >= 0.3 is 5.69 Å². The number of aromatic nitrogens is 4. The summed E-state index contributed by atoms with van der Waals surface area (Å²) in [6.07, 6.45) is 3.39. The van der Waals surface area contributed by atoms with Crippen molar-refractivity contribution in [3.05, 3.63) is 34.2 Å². The molecule has 0 radical (unpaired) electrons. The summed E-state index contributed by atoms with van der Waals surface area (Å²) in [5, 5.41) is 17.8. The molecular weight excluding hydrogens is 320 g/mol. The summed E-state index contributed by atoms with van der Waals surface area (Å²) in [7, 11) is 1.56. The van der Waals surface area contributed by atoms with Crippen molar-refractivity contribution in [1.29, 1.82) is 0 Å². The summed E-state index contributed by atoms with van der Waals surface area (Å²) in [5.41, 5.74) is 0.244. The van der Waals surface area contributed by atoms with Crippen LogP contribution in [0.25, 0.3) is 5.69 Å². The van der Waals surface area contributed by atoms with Crippen LogP contribution in [0.2, 0.25) is 0 Å². The van der Waals surface area contributed by atoms with Gasteiger partial charge in [0.25, 0.3) is 0 Å². The van der Waals surface area contributed by atoms with Crippen LogP contribution < -0.4 is 10.4 Å². The summed E-state index contributed by atoms with van der Waals surface area (Å²) in [4.78, 5) is 12.6. The first-order valence-electron chi connectivity index (χ1n) is 8.70. The van der Waals surface area contributed by atoms with Crippen molar-refractivity contribution in [2.75, 3.05) is 7.11 Å². The van der Waals surface area contributed by atoms with Crippen molar-refractivity contribution < 1.29 is 9.84 Å². The molecule has 7 nitrogen and oxygen atoms in total. The van der Waals surface area contributed by atoms with Crippen LogP contribution in [-0.2, 0) is 6.54 Å². The minimum absolute atomic E-state index is 0.0702. The molecule has 2 aromatic rings. The number of unbranched alkanes of at least 4 members (excludes halogenated alkanes) is 1. The van der Waals surface area contributed by atoms with Gasteiger partial charge in [-0.2, -0.15) is 9.36 Å². The Hall–Kier alpha value is -2.15. The van der Waals surface area contributed by atoms with E-state index >= 15 is 0 Å². The lowest BCUT2D eigenvalue weighted by molar-refractivity contribution is 0.0560. The lowest BCUT2D eigenvalue weighted by Crippen LogP contribution is -2.34. The molecule has 0 spiro atoms. The first-order chi connectivity index (χ1) is 11.8. The van der Waals surface area contributed by atoms with Crippen LogP contribution in [-0.4, -0.2) is 37.6 Å². The maximum atomic E-state index is 12.6. The number of aliphatic hydroxyl groups is 1. The van der Waals surface area contributed by atoms with Crippen molar-refractivity contribution in [1.82, 2.24) is 19.8 Å². The average molecular weight is 348 g/mol. The van der Waals surface area contributed by atoms with Crippen molar-refractivity contribution in [3.63, 3.8) is 0 Å². The molecule has 1 N–H and O–H groups in total. The summed E-state index contributed by atoms with van der Waals surface area (Å²) in [5.74, 6) is 0.940. The second-order valence-electron chi connectivity index (χ2n) is 7.12. The summed E-state index contributed by atoms with van der Waals surface area (Å²) < 4.78 is 7.78. The third kappa shape index (κ3) is 4.69. The van der Waals surface area contributed by atoms with Crippen LogP contribution >= 0.6 is 0 Å². The SMILES string of the molecule is CCCCC(C)c1ccc(OC)c(-n2nnn(CC(C)(C)O)c2=O)c1. The molecule has 0 fully saturated rings. The maximum absolute atomic E-state index is 12.6. The van der Waals surface area contributed by atoms with Gasteiger partial charge in [0.1, 0.15) is 11.4 Å². The zero-order valence-corrected chi connectivity index (χ0v) is 15.7. The van der Waals surface area contributed by atoms with Gasteiger partial charge in [-0.1, -0.05) is 32.8 Å². The molecule has 0 bridgehead atoms. The number of rotatable bonds is 8. The van der Waals surface area contributed by atoms with E-state index in [0.717, 1.165) is 29.5 Å². The van der Waals surface area contributed by atoms with Crippen molar-refractivity contribution in [3.8, 4) is 11.4 Å². The van der Waals surface area contributed by atoms with Crippen LogP contribution in [0.5, 0.6) is 5.75 Å². The third-order valence-electron chi connectivity index (χ3n) is 4.17. The molecule has 7 heteroatoms. The third-order valence-corrected chi connectivity index (χ3v) is 4.17. The molecule has 0 aliphatic heterocycles. The highest BCUT2D eigenvalue weighted by Crippen LogP contribution is 2.28. The van der Waals surface area contributed by atoms with Gasteiger partial charge in [0.15, 0.2) is 0 Å². The molecule has 1 aromatic carbocycles. The fourth-order valence-corrected chi connectivity index (χ4v) is 2.75. The van der Waals surface area contributed by atoms with Gasteiger partial charge < -0.3 is 9.84 Å². The minimum Gasteiger partial charge on any atom is -0.494 e. The van der Waals surface area contributed by atoms with Crippen LogP contribution in [0.3, 0.4) is 0 Å². The fourth-order valence-electron chi connectivity index (χ4n) is 2.75. The lowest BCUT2D eigenvalue weighted by Gasteiger charge is -2.15. The summed E-state index contributed by atoms with van der Waals surface area (Å²) in [6, 6.07) is 5.81. The van der Waals surface area contributed by atoms with Crippen molar-refractivity contribution in [2.24, 2.45) is 0 Å². The predicted molar refractivity (Wildman–Crippen MR) is 96.4 cm³/mol. The van der Waals surface area contributed by atoms with E-state index in [9.17, 15) is 9.90 Å². The molecule has 0 saturated heterocycles. The number of nitrogens with zero attached hydrogens (tertiary/aromatic N) is 4. The molecular formula is C18H28N4O3. The highest BCUT2D eigenvalue weighted by molar-refractivity contribution is 5.49. The molecule has 0 saturated carbocycles. The Bertz CT molecular complexity index is 758. The van der Waals surface area contributed by atoms with E-state index in [2.05, 4.69) is 24.3 Å². The van der Waals surface area contributed by atoms with Gasteiger partial charge in [-0.3, -0.25) is 0 Å². The average Bonchev–Trinajstić information content (AvgIpc) is 2.91. The molecule has 1 atom stereocenters. The first-order valence-corrected chi connectivity index (χ1v) is 8.70. The standard InChI is InChI=1S/C18H28N4O3/c1-6-7-8-13(2)14-9-10-16(25-5)15(11-14)22-17(23)21(19-20-22)12-18(3,4)24/h9-11,13,24H,6-8,12H2,1-5H3. The molecule has 25 heavy (non-hydrogen) atoms. The molecule has 0 aliphatic carbocycles. The normalized spacial score (nSPS) is 13.0. The van der Waals surface area contributed by atoms with E-state index in [1.54, 1.807) is 21.0 Å². The van der Waals surface area contributed by atoms with Gasteiger partial charge in [0.05, 0.1) is 19.3 Å². The number of benzene rings is 1. The van der Waals surface area contributed by atoms with Crippen LogP contribution in [0.15, 0.2) is 23.0 Å². The second-order valence-corrected chi connectivity index (χ2v) is 7.12. The largest absolute Gasteiger partial charge is 0.494 e. The monoisotopic (exact) mass is 348 g/mol. The number of ether oxygens (including phenoxy) is 1. The van der Waals surface area contributed by atoms with Gasteiger partial charge in [-0.25, -0.2) is 4.79 Å². The number of hydrogen-bond donors (Lipinski definition) is 1. The Labute approximate surface area is 148 Å². The number of tetrazole rings is 1. The zero-order chi connectivity index (χ0) is 18.6. The van der Waals surface area contributed by atoms with Crippen LogP contribution in [0, 0.1) is 0 Å². The fraction of sp³-hybridized carbons (Fsp3) is 0.611. The first kappa shape index (κ1) is 19.2. The van der Waals surface area contributed by atoms with E-state index in [1.165, 1.54) is 4.68 Å². The minimum atomic E-state index is -1.05. The number of methoxy groups -OCH3 is 1. The smallest absolute Gasteiger partial charge is 0.368 e. The Morgan fingerprint density at radius 3 is 2.64 bits per heavy atom. The molecule has 138 valence electrons. The Morgan fingerprint density at radius 1 is 1.32 bits per heavy atom. The highest BCUT2D eigenvalue weighted by atomic mass is 16.5. The van der Waals surface area contributed by atoms with Gasteiger partial charge in [0.2, 0.25) is 0 Å². The van der Waals surface area contributed by atoms with E-state index in [4.69, 9.17) is 4.74 Å². The quantitative estimate of drug-likeness (QED) is 0.792. The summed E-state index contributed by atoms with van der Waals surface area (Å²) >= 11 is 0. The highest BCUT2D eigenvalue weighted by Gasteiger charge is 2.20. The predicted octanol–water partition coefficient (Wildman–Crippen LogP) is 2.50. The Balaban J connectivity index is 2.42. The van der Waals surface area contributed by atoms with Crippen molar-refractivity contribution in [2.45, 2.75) is 65.0 Å². The van der Waals surface area contributed by atoms with E-state index in [1.807, 2.05) is 18.2 Å². The lowest BCUT2D eigenvalue weighted by atomic mass is 9.95. The second kappa shape index (κ2) is 7.82. The summed E-state index contributed by atoms with van der Waals surface area (Å²) in [6.45, 7) is 7.66. The molecule has 0 aliphatic rings. The van der Waals surface area contributed by atoms with Crippen LogP contribution in [0.1, 0.15) is 58.4 Å². The van der Waals surface area contributed by atoms with E-state index in [0.29, 0.717) is 17.4 Å². The number of hydrogen-bond acceptors (Lipinski definition) is 5. The van der Waals surface area contributed by atoms with Crippen molar-refractivity contribution >= 4 is 0 Å². The maximum Gasteiger partial charge on any atom is 0.368 e. The topological polar surface area (TPSA) is 82.2 Å². The molecule has 2 rings (SSSR count).